The van der Waals surface area contributed by atoms with Crippen molar-refractivity contribution in [3.05, 3.63) is 58.1 Å². The number of rotatable bonds is 2. The average Bonchev–Trinajstić information content (AvgIpc) is 2.47. The zero-order valence-corrected chi connectivity index (χ0v) is 12.3. The van der Waals surface area contributed by atoms with Crippen molar-refractivity contribution < 1.29 is 4.79 Å². The first-order valence-electron chi connectivity index (χ1n) is 5.90. The lowest BCUT2D eigenvalue weighted by Gasteiger charge is -2.09. The van der Waals surface area contributed by atoms with Crippen LogP contribution in [0.2, 0.25) is 0 Å². The first-order chi connectivity index (χ1) is 10.1. The van der Waals surface area contributed by atoms with E-state index in [4.69, 9.17) is 10.5 Å². The Balaban J connectivity index is 2.14. The molecule has 0 aliphatic heterocycles. The fourth-order valence-corrected chi connectivity index (χ4v) is 2.03. The number of carbonyl (C=O) groups excluding carboxylic acids is 1. The summed E-state index contributed by atoms with van der Waals surface area (Å²) in [6, 6.07) is 15.0. The van der Waals surface area contributed by atoms with Gasteiger partial charge < -0.3 is 10.6 Å². The molecule has 0 saturated carbocycles. The summed E-state index contributed by atoms with van der Waals surface area (Å²) >= 11 is 3.28. The van der Waals surface area contributed by atoms with Crippen molar-refractivity contribution in [1.82, 2.24) is 0 Å². The summed E-state index contributed by atoms with van der Waals surface area (Å²) in [7, 11) is 0. The molecule has 0 heterocycles. The van der Waals surface area contributed by atoms with E-state index in [1.807, 2.05) is 12.1 Å². The summed E-state index contributed by atoms with van der Waals surface area (Å²) in [6.45, 7) is 0. The van der Waals surface area contributed by atoms with Crippen LogP contribution in [0.25, 0.3) is 0 Å². The second-order valence-corrected chi connectivity index (χ2v) is 4.99. The van der Waals surface area contributed by atoms with E-state index in [1.165, 1.54) is 0 Å². The van der Waals surface area contributed by atoms with Gasteiger partial charge in [-0.3, -0.25) is 0 Å². The van der Waals surface area contributed by atoms with Gasteiger partial charge in [0.2, 0.25) is 0 Å². The Morgan fingerprint density at radius 1 is 1.05 bits per heavy atom. The Kier molecular flexibility index (Phi) is 4.55. The maximum atomic E-state index is 11.9. The van der Waals surface area contributed by atoms with Gasteiger partial charge in [-0.15, -0.1) is 0 Å². The zero-order valence-electron chi connectivity index (χ0n) is 10.7. The standard InChI is InChI=1S/C15H9BrN4O/c16-12-5-4-11(9-18)14(7-12)20-15(21)19-13-3-1-2-10(6-13)8-17/h1-7H,(H2,19,20,21). The molecule has 0 bridgehead atoms. The number of nitrogens with one attached hydrogen (secondary N) is 2. The summed E-state index contributed by atoms with van der Waals surface area (Å²) in [5.41, 5.74) is 1.72. The molecule has 0 saturated heterocycles. The highest BCUT2D eigenvalue weighted by Gasteiger charge is 2.08. The Bertz CT molecular complexity index is 774. The van der Waals surface area contributed by atoms with E-state index in [0.29, 0.717) is 22.5 Å². The molecule has 0 aliphatic rings. The van der Waals surface area contributed by atoms with Gasteiger partial charge in [0.05, 0.1) is 22.9 Å². The number of carbonyl (C=O) groups is 1. The lowest BCUT2D eigenvalue weighted by Crippen LogP contribution is -2.20. The highest BCUT2D eigenvalue weighted by molar-refractivity contribution is 9.10. The van der Waals surface area contributed by atoms with E-state index >= 15 is 0 Å². The molecule has 0 unspecified atom stereocenters. The number of nitrogens with zero attached hydrogens (tertiary/aromatic N) is 2. The van der Waals surface area contributed by atoms with Crippen LogP contribution in [0.5, 0.6) is 0 Å². The quantitative estimate of drug-likeness (QED) is 0.870. The van der Waals surface area contributed by atoms with Gasteiger partial charge in [0.15, 0.2) is 0 Å². The molecule has 0 fully saturated rings. The van der Waals surface area contributed by atoms with Gasteiger partial charge in [-0.25, -0.2) is 4.79 Å². The second kappa shape index (κ2) is 6.56. The van der Waals surface area contributed by atoms with Crippen molar-refractivity contribution in [3.63, 3.8) is 0 Å². The molecule has 2 aromatic rings. The minimum Gasteiger partial charge on any atom is -0.308 e. The van der Waals surface area contributed by atoms with E-state index in [9.17, 15) is 4.79 Å². The topological polar surface area (TPSA) is 88.7 Å². The lowest BCUT2D eigenvalue weighted by molar-refractivity contribution is 0.262. The third kappa shape index (κ3) is 3.82. The molecule has 2 amide bonds. The number of nitriles is 2. The SMILES string of the molecule is N#Cc1cccc(NC(=O)Nc2cc(Br)ccc2C#N)c1. The van der Waals surface area contributed by atoms with E-state index in [1.54, 1.807) is 42.5 Å². The minimum atomic E-state index is -0.486. The van der Waals surface area contributed by atoms with E-state index in [2.05, 4.69) is 26.6 Å². The van der Waals surface area contributed by atoms with Crippen molar-refractivity contribution in [2.24, 2.45) is 0 Å². The number of urea groups is 1. The van der Waals surface area contributed by atoms with Gasteiger partial charge in [-0.1, -0.05) is 22.0 Å². The summed E-state index contributed by atoms with van der Waals surface area (Å²) in [6.07, 6.45) is 0. The second-order valence-electron chi connectivity index (χ2n) is 4.07. The van der Waals surface area contributed by atoms with Crippen molar-refractivity contribution in [1.29, 1.82) is 10.5 Å². The van der Waals surface area contributed by atoms with Crippen LogP contribution >= 0.6 is 15.9 Å². The van der Waals surface area contributed by atoms with Crippen LogP contribution in [-0.4, -0.2) is 6.03 Å². The Morgan fingerprint density at radius 3 is 2.57 bits per heavy atom. The first-order valence-corrected chi connectivity index (χ1v) is 6.69. The van der Waals surface area contributed by atoms with Gasteiger partial charge in [0.1, 0.15) is 6.07 Å². The molecule has 5 nitrogen and oxygen atoms in total. The monoisotopic (exact) mass is 340 g/mol. The van der Waals surface area contributed by atoms with Gasteiger partial charge in [0, 0.05) is 10.2 Å². The van der Waals surface area contributed by atoms with Crippen molar-refractivity contribution in [2.75, 3.05) is 10.6 Å². The molecule has 2 N–H and O–H groups in total. The van der Waals surface area contributed by atoms with Crippen LogP contribution < -0.4 is 10.6 Å². The van der Waals surface area contributed by atoms with Gasteiger partial charge in [-0.05, 0) is 36.4 Å². The molecule has 2 aromatic carbocycles. The molecule has 0 atom stereocenters. The molecule has 6 heteroatoms. The Labute approximate surface area is 129 Å². The van der Waals surface area contributed by atoms with Crippen molar-refractivity contribution >= 4 is 33.3 Å². The van der Waals surface area contributed by atoms with Gasteiger partial charge in [0.25, 0.3) is 0 Å². The number of benzene rings is 2. The van der Waals surface area contributed by atoms with Crippen LogP contribution in [0.3, 0.4) is 0 Å². The Hall–Kier alpha value is -2.83. The van der Waals surface area contributed by atoms with E-state index in [-0.39, 0.29) is 0 Å². The molecule has 2 rings (SSSR count). The van der Waals surface area contributed by atoms with Crippen LogP contribution in [0.1, 0.15) is 11.1 Å². The Morgan fingerprint density at radius 2 is 1.86 bits per heavy atom. The smallest absolute Gasteiger partial charge is 0.308 e. The van der Waals surface area contributed by atoms with Crippen LogP contribution in [0.4, 0.5) is 16.2 Å². The third-order valence-electron chi connectivity index (χ3n) is 2.60. The van der Waals surface area contributed by atoms with Gasteiger partial charge in [-0.2, -0.15) is 10.5 Å². The van der Waals surface area contributed by atoms with E-state index in [0.717, 1.165) is 4.47 Å². The predicted molar refractivity (Wildman–Crippen MR) is 82.7 cm³/mol. The molecule has 0 spiro atoms. The highest BCUT2D eigenvalue weighted by atomic mass is 79.9. The fraction of sp³-hybridized carbons (Fsp3) is 0. The normalized spacial score (nSPS) is 9.29. The summed E-state index contributed by atoms with van der Waals surface area (Å²) < 4.78 is 0.753. The average molecular weight is 341 g/mol. The van der Waals surface area contributed by atoms with Crippen molar-refractivity contribution in [3.8, 4) is 12.1 Å². The number of amides is 2. The molecular formula is C15H9BrN4O. The zero-order chi connectivity index (χ0) is 15.2. The van der Waals surface area contributed by atoms with E-state index < -0.39 is 6.03 Å². The number of anilines is 2. The summed E-state index contributed by atoms with van der Waals surface area (Å²) in [5.74, 6) is 0. The maximum Gasteiger partial charge on any atom is 0.323 e. The maximum absolute atomic E-state index is 11.9. The number of hydrogen-bond donors (Lipinski definition) is 2. The van der Waals surface area contributed by atoms with Gasteiger partial charge >= 0.3 is 6.03 Å². The summed E-state index contributed by atoms with van der Waals surface area (Å²) in [4.78, 5) is 11.9. The highest BCUT2D eigenvalue weighted by Crippen LogP contribution is 2.21. The van der Waals surface area contributed by atoms with Crippen LogP contribution in [-0.2, 0) is 0 Å². The van der Waals surface area contributed by atoms with Crippen LogP contribution in [0.15, 0.2) is 46.9 Å². The predicted octanol–water partition coefficient (Wildman–Crippen LogP) is 3.84. The number of halogens is 1. The summed E-state index contributed by atoms with van der Waals surface area (Å²) in [5, 5.41) is 23.0. The molecule has 0 aliphatic carbocycles. The minimum absolute atomic E-state index is 0.360. The number of hydrogen-bond acceptors (Lipinski definition) is 3. The molecule has 102 valence electrons. The fourth-order valence-electron chi connectivity index (χ4n) is 1.67. The molecular weight excluding hydrogens is 332 g/mol. The van der Waals surface area contributed by atoms with Crippen molar-refractivity contribution in [2.45, 2.75) is 0 Å². The lowest BCUT2D eigenvalue weighted by atomic mass is 10.2. The first kappa shape index (κ1) is 14.6. The molecule has 0 radical (unpaired) electrons. The largest absolute Gasteiger partial charge is 0.323 e. The third-order valence-corrected chi connectivity index (χ3v) is 3.09. The molecule has 0 aromatic heterocycles. The molecule has 21 heavy (non-hydrogen) atoms. The van der Waals surface area contributed by atoms with Crippen LogP contribution in [0, 0.1) is 22.7 Å².